The van der Waals surface area contributed by atoms with E-state index in [0.717, 1.165) is 0 Å². The van der Waals surface area contributed by atoms with Crippen LogP contribution in [0.25, 0.3) is 0 Å². The highest BCUT2D eigenvalue weighted by molar-refractivity contribution is 5.97. The number of furan rings is 1. The van der Waals surface area contributed by atoms with E-state index in [2.05, 4.69) is 16.2 Å². The second-order valence-electron chi connectivity index (χ2n) is 4.03. The molecule has 0 saturated carbocycles. The Bertz CT molecular complexity index is 623. The number of benzene rings is 1. The largest absolute Gasteiger partial charge is 0.459 e. The van der Waals surface area contributed by atoms with Gasteiger partial charge in [-0.2, -0.15) is 0 Å². The standard InChI is InChI=1S/C14H13N3O4/c18-12(16-17-14(20)11-7-4-8-21-11)9-15-13(19)10-5-2-1-3-6-10/h1-8H,9H2,(H,15,19)(H,16,18)(H,17,20). The van der Waals surface area contributed by atoms with Crippen LogP contribution in [0.15, 0.2) is 53.1 Å². The summed E-state index contributed by atoms with van der Waals surface area (Å²) in [5.41, 5.74) is 4.78. The number of carbonyl (C=O) groups is 3. The number of hydrogen-bond acceptors (Lipinski definition) is 4. The Morgan fingerprint density at radius 3 is 2.33 bits per heavy atom. The van der Waals surface area contributed by atoms with E-state index < -0.39 is 11.8 Å². The SMILES string of the molecule is O=C(CNC(=O)c1ccccc1)NNC(=O)c1ccco1. The summed E-state index contributed by atoms with van der Waals surface area (Å²) >= 11 is 0. The summed E-state index contributed by atoms with van der Waals surface area (Å²) in [5, 5.41) is 2.43. The zero-order valence-electron chi connectivity index (χ0n) is 11.0. The van der Waals surface area contributed by atoms with Crippen LogP contribution in [0.1, 0.15) is 20.9 Å². The average molecular weight is 287 g/mol. The molecular formula is C14H13N3O4. The van der Waals surface area contributed by atoms with Crippen LogP contribution in [0.5, 0.6) is 0 Å². The first-order chi connectivity index (χ1) is 10.2. The zero-order valence-corrected chi connectivity index (χ0v) is 11.0. The highest BCUT2D eigenvalue weighted by Crippen LogP contribution is 1.98. The third-order valence-electron chi connectivity index (χ3n) is 2.51. The van der Waals surface area contributed by atoms with Crippen molar-refractivity contribution in [3.63, 3.8) is 0 Å². The van der Waals surface area contributed by atoms with Crippen LogP contribution in [0.4, 0.5) is 0 Å². The molecule has 1 heterocycles. The first kappa shape index (κ1) is 14.3. The van der Waals surface area contributed by atoms with E-state index >= 15 is 0 Å². The Morgan fingerprint density at radius 1 is 0.905 bits per heavy atom. The van der Waals surface area contributed by atoms with Crippen LogP contribution >= 0.6 is 0 Å². The van der Waals surface area contributed by atoms with Gasteiger partial charge in [0, 0.05) is 5.56 Å². The molecule has 0 saturated heterocycles. The molecule has 7 nitrogen and oxygen atoms in total. The summed E-state index contributed by atoms with van der Waals surface area (Å²) in [6.45, 7) is -0.258. The number of hydrogen-bond donors (Lipinski definition) is 3. The molecule has 21 heavy (non-hydrogen) atoms. The predicted octanol–water partition coefficient (Wildman–Crippen LogP) is 0.471. The Kier molecular flexibility index (Phi) is 4.70. The summed E-state index contributed by atoms with van der Waals surface area (Å²) in [4.78, 5) is 34.6. The van der Waals surface area contributed by atoms with Crippen molar-refractivity contribution in [1.29, 1.82) is 0 Å². The van der Waals surface area contributed by atoms with E-state index in [9.17, 15) is 14.4 Å². The molecule has 1 aromatic heterocycles. The van der Waals surface area contributed by atoms with Gasteiger partial charge in [0.1, 0.15) is 0 Å². The fourth-order valence-electron chi connectivity index (χ4n) is 1.49. The van der Waals surface area contributed by atoms with Crippen molar-refractivity contribution in [2.45, 2.75) is 0 Å². The lowest BCUT2D eigenvalue weighted by molar-refractivity contribution is -0.120. The van der Waals surface area contributed by atoms with Gasteiger partial charge in [0.25, 0.3) is 11.8 Å². The lowest BCUT2D eigenvalue weighted by Gasteiger charge is -2.07. The highest BCUT2D eigenvalue weighted by Gasteiger charge is 2.10. The van der Waals surface area contributed by atoms with Gasteiger partial charge >= 0.3 is 5.91 Å². The minimum absolute atomic E-state index is 0.0728. The van der Waals surface area contributed by atoms with Gasteiger partial charge in [-0.25, -0.2) is 0 Å². The fourth-order valence-corrected chi connectivity index (χ4v) is 1.49. The number of carbonyl (C=O) groups excluding carboxylic acids is 3. The number of nitrogens with one attached hydrogen (secondary N) is 3. The molecule has 0 aliphatic heterocycles. The maximum absolute atomic E-state index is 11.7. The smallest absolute Gasteiger partial charge is 0.305 e. The van der Waals surface area contributed by atoms with Crippen molar-refractivity contribution in [3.05, 3.63) is 60.1 Å². The van der Waals surface area contributed by atoms with Crippen molar-refractivity contribution >= 4 is 17.7 Å². The van der Waals surface area contributed by atoms with Gasteiger partial charge in [-0.1, -0.05) is 18.2 Å². The quantitative estimate of drug-likeness (QED) is 0.712. The maximum Gasteiger partial charge on any atom is 0.305 e. The Morgan fingerprint density at radius 2 is 1.67 bits per heavy atom. The number of rotatable bonds is 4. The first-order valence-electron chi connectivity index (χ1n) is 6.13. The molecule has 0 fully saturated rings. The maximum atomic E-state index is 11.7. The van der Waals surface area contributed by atoms with E-state index in [0.29, 0.717) is 5.56 Å². The van der Waals surface area contributed by atoms with Crippen molar-refractivity contribution in [1.82, 2.24) is 16.2 Å². The summed E-state index contributed by atoms with van der Waals surface area (Å²) in [6.07, 6.45) is 1.34. The van der Waals surface area contributed by atoms with E-state index in [1.54, 1.807) is 36.4 Å². The first-order valence-corrected chi connectivity index (χ1v) is 6.13. The van der Waals surface area contributed by atoms with Crippen LogP contribution in [-0.4, -0.2) is 24.3 Å². The van der Waals surface area contributed by atoms with Crippen molar-refractivity contribution in [2.75, 3.05) is 6.54 Å². The third-order valence-corrected chi connectivity index (χ3v) is 2.51. The molecule has 0 bridgehead atoms. The Balaban J connectivity index is 1.73. The number of amides is 3. The molecule has 0 aliphatic rings. The van der Waals surface area contributed by atoms with Gasteiger partial charge in [0.2, 0.25) is 0 Å². The van der Waals surface area contributed by atoms with E-state index in [4.69, 9.17) is 4.42 Å². The van der Waals surface area contributed by atoms with Crippen LogP contribution in [-0.2, 0) is 4.79 Å². The molecule has 108 valence electrons. The minimum atomic E-state index is -0.581. The second kappa shape index (κ2) is 6.90. The molecule has 0 radical (unpaired) electrons. The normalized spacial score (nSPS) is 9.71. The molecule has 3 amide bonds. The van der Waals surface area contributed by atoms with E-state index in [1.165, 1.54) is 12.3 Å². The Labute approximate surface area is 120 Å². The lowest BCUT2D eigenvalue weighted by Crippen LogP contribution is -2.46. The van der Waals surface area contributed by atoms with E-state index in [1.807, 2.05) is 0 Å². The lowest BCUT2D eigenvalue weighted by atomic mass is 10.2. The van der Waals surface area contributed by atoms with Crippen LogP contribution < -0.4 is 16.2 Å². The molecule has 3 N–H and O–H groups in total. The van der Waals surface area contributed by atoms with Gasteiger partial charge in [0.05, 0.1) is 12.8 Å². The Hall–Kier alpha value is -3.09. The van der Waals surface area contributed by atoms with Gasteiger partial charge in [-0.05, 0) is 24.3 Å². The summed E-state index contributed by atoms with van der Waals surface area (Å²) in [5.74, 6) is -1.44. The van der Waals surface area contributed by atoms with E-state index in [-0.39, 0.29) is 18.2 Å². The molecule has 0 unspecified atom stereocenters. The molecule has 7 heteroatoms. The fraction of sp³-hybridized carbons (Fsp3) is 0.0714. The zero-order chi connectivity index (χ0) is 15.1. The summed E-state index contributed by atoms with van der Waals surface area (Å²) in [6, 6.07) is 11.5. The van der Waals surface area contributed by atoms with Crippen molar-refractivity contribution < 1.29 is 18.8 Å². The molecule has 0 aliphatic carbocycles. The highest BCUT2D eigenvalue weighted by atomic mass is 16.3. The van der Waals surface area contributed by atoms with Gasteiger partial charge in [0.15, 0.2) is 5.76 Å². The van der Waals surface area contributed by atoms with Crippen LogP contribution in [0.3, 0.4) is 0 Å². The van der Waals surface area contributed by atoms with Gasteiger partial charge < -0.3 is 9.73 Å². The number of hydrazine groups is 1. The minimum Gasteiger partial charge on any atom is -0.459 e. The van der Waals surface area contributed by atoms with Crippen LogP contribution in [0, 0.1) is 0 Å². The topological polar surface area (TPSA) is 100 Å². The predicted molar refractivity (Wildman–Crippen MR) is 73.1 cm³/mol. The molecule has 2 rings (SSSR count). The molecule has 2 aromatic rings. The molecule has 0 spiro atoms. The average Bonchev–Trinajstić information content (AvgIpc) is 3.05. The summed E-state index contributed by atoms with van der Waals surface area (Å²) in [7, 11) is 0. The van der Waals surface area contributed by atoms with Gasteiger partial charge in [-0.15, -0.1) is 0 Å². The summed E-state index contributed by atoms with van der Waals surface area (Å²) < 4.78 is 4.85. The monoisotopic (exact) mass is 287 g/mol. The molecule has 1 aromatic carbocycles. The van der Waals surface area contributed by atoms with Crippen molar-refractivity contribution in [2.24, 2.45) is 0 Å². The molecular weight excluding hydrogens is 274 g/mol. The molecule has 0 atom stereocenters. The second-order valence-corrected chi connectivity index (χ2v) is 4.03. The third kappa shape index (κ3) is 4.20. The van der Waals surface area contributed by atoms with Crippen LogP contribution in [0.2, 0.25) is 0 Å². The van der Waals surface area contributed by atoms with Gasteiger partial charge in [-0.3, -0.25) is 25.2 Å². The van der Waals surface area contributed by atoms with Crippen molar-refractivity contribution in [3.8, 4) is 0 Å².